The van der Waals surface area contributed by atoms with Crippen LogP contribution in [-0.2, 0) is 9.09 Å². The predicted octanol–water partition coefficient (Wildman–Crippen LogP) is 5.86. The van der Waals surface area contributed by atoms with Crippen LogP contribution in [0.5, 0.6) is 5.75 Å². The maximum absolute atomic E-state index is 13.2. The Balaban J connectivity index is 2.23. The summed E-state index contributed by atoms with van der Waals surface area (Å²) in [5, 5.41) is 0.287. The number of hydrogen-bond donors (Lipinski definition) is 0. The standard InChI is InChI=1S/C15H13ClF3O3P/c1-23(20,21-13-5-3-2-4-6-13)22-14(15(17,18)19)11-7-9-12(16)10-8-11/h2-10,14H,1H3. The molecule has 0 aliphatic rings. The second kappa shape index (κ2) is 6.95. The Bertz CT molecular complexity index is 689. The van der Waals surface area contributed by atoms with E-state index in [9.17, 15) is 17.7 Å². The zero-order chi connectivity index (χ0) is 17.1. The van der Waals surface area contributed by atoms with Gasteiger partial charge >= 0.3 is 13.8 Å². The molecule has 0 amide bonds. The second-order valence-corrected chi connectivity index (χ2v) is 7.13. The Morgan fingerprint density at radius 1 is 1.04 bits per heavy atom. The van der Waals surface area contributed by atoms with Crippen LogP contribution < -0.4 is 4.52 Å². The number of para-hydroxylation sites is 1. The molecule has 0 spiro atoms. The lowest BCUT2D eigenvalue weighted by Gasteiger charge is -2.25. The van der Waals surface area contributed by atoms with Crippen molar-refractivity contribution < 1.29 is 26.8 Å². The van der Waals surface area contributed by atoms with Gasteiger partial charge in [0.05, 0.1) is 0 Å². The summed E-state index contributed by atoms with van der Waals surface area (Å²) in [4.78, 5) is 0. The summed E-state index contributed by atoms with van der Waals surface area (Å²) in [6.45, 7) is 0.995. The smallest absolute Gasteiger partial charge is 0.419 e. The SMILES string of the molecule is CP(=O)(Oc1ccccc1)OC(c1ccc(Cl)cc1)C(F)(F)F. The van der Waals surface area contributed by atoms with Gasteiger partial charge in [0, 0.05) is 11.7 Å². The molecule has 0 radical (unpaired) electrons. The van der Waals surface area contributed by atoms with Crippen molar-refractivity contribution in [2.45, 2.75) is 12.3 Å². The molecular formula is C15H13ClF3O3P. The maximum atomic E-state index is 13.2. The first-order chi connectivity index (χ1) is 10.7. The lowest BCUT2D eigenvalue weighted by Crippen LogP contribution is -2.23. The van der Waals surface area contributed by atoms with E-state index < -0.39 is 19.9 Å². The second-order valence-electron chi connectivity index (χ2n) is 4.75. The largest absolute Gasteiger partial charge is 0.425 e. The molecule has 8 heteroatoms. The van der Waals surface area contributed by atoms with Crippen LogP contribution in [0.25, 0.3) is 0 Å². The third-order valence-electron chi connectivity index (χ3n) is 2.78. The molecule has 0 aliphatic heterocycles. The van der Waals surface area contributed by atoms with Gasteiger partial charge in [0.15, 0.2) is 6.10 Å². The van der Waals surface area contributed by atoms with Crippen molar-refractivity contribution in [1.29, 1.82) is 0 Å². The highest BCUT2D eigenvalue weighted by Gasteiger charge is 2.45. The van der Waals surface area contributed by atoms with E-state index in [1.54, 1.807) is 18.2 Å². The molecule has 0 aliphatic carbocycles. The molecule has 124 valence electrons. The fourth-order valence-corrected chi connectivity index (χ4v) is 3.13. The summed E-state index contributed by atoms with van der Waals surface area (Å²) in [5.74, 6) is 0.162. The average Bonchev–Trinajstić information content (AvgIpc) is 2.45. The van der Waals surface area contributed by atoms with E-state index in [-0.39, 0.29) is 16.3 Å². The molecule has 0 fully saturated rings. The fraction of sp³-hybridized carbons (Fsp3) is 0.200. The molecular weight excluding hydrogens is 352 g/mol. The molecule has 2 rings (SSSR count). The highest BCUT2D eigenvalue weighted by atomic mass is 35.5. The van der Waals surface area contributed by atoms with Crippen LogP contribution in [0.3, 0.4) is 0 Å². The molecule has 0 saturated heterocycles. The average molecular weight is 365 g/mol. The third-order valence-corrected chi connectivity index (χ3v) is 4.17. The summed E-state index contributed by atoms with van der Waals surface area (Å²) < 4.78 is 61.9. The van der Waals surface area contributed by atoms with Crippen LogP contribution >= 0.6 is 19.2 Å². The van der Waals surface area contributed by atoms with Crippen molar-refractivity contribution in [3.05, 3.63) is 65.2 Å². The van der Waals surface area contributed by atoms with E-state index in [1.807, 2.05) is 0 Å². The molecule has 0 saturated carbocycles. The highest BCUT2D eigenvalue weighted by molar-refractivity contribution is 7.53. The third kappa shape index (κ3) is 5.27. The number of benzene rings is 2. The first kappa shape index (κ1) is 17.9. The van der Waals surface area contributed by atoms with E-state index >= 15 is 0 Å². The lowest BCUT2D eigenvalue weighted by atomic mass is 10.1. The lowest BCUT2D eigenvalue weighted by molar-refractivity contribution is -0.199. The molecule has 23 heavy (non-hydrogen) atoms. The van der Waals surface area contributed by atoms with Crippen LogP contribution in [-0.4, -0.2) is 12.8 Å². The Morgan fingerprint density at radius 2 is 1.61 bits per heavy atom. The van der Waals surface area contributed by atoms with E-state index in [2.05, 4.69) is 0 Å². The van der Waals surface area contributed by atoms with Gasteiger partial charge in [0.2, 0.25) is 0 Å². The van der Waals surface area contributed by atoms with Crippen molar-refractivity contribution in [2.24, 2.45) is 0 Å². The predicted molar refractivity (Wildman–Crippen MR) is 81.9 cm³/mol. The number of rotatable bonds is 5. The first-order valence-corrected chi connectivity index (χ1v) is 8.87. The number of halogens is 4. The van der Waals surface area contributed by atoms with Gasteiger partial charge in [-0.1, -0.05) is 41.9 Å². The minimum atomic E-state index is -4.75. The van der Waals surface area contributed by atoms with Gasteiger partial charge in [-0.3, -0.25) is 4.52 Å². The van der Waals surface area contributed by atoms with E-state index in [4.69, 9.17) is 20.6 Å². The molecule has 0 bridgehead atoms. The van der Waals surface area contributed by atoms with Crippen molar-refractivity contribution in [3.8, 4) is 5.75 Å². The molecule has 2 atom stereocenters. The van der Waals surface area contributed by atoms with E-state index in [0.717, 1.165) is 6.66 Å². The van der Waals surface area contributed by atoms with Gasteiger partial charge in [0.25, 0.3) is 0 Å². The van der Waals surface area contributed by atoms with Crippen LogP contribution in [0.15, 0.2) is 54.6 Å². The van der Waals surface area contributed by atoms with Crippen LogP contribution in [0, 0.1) is 0 Å². The molecule has 2 aromatic rings. The molecule has 0 heterocycles. The van der Waals surface area contributed by atoms with Crippen LogP contribution in [0.4, 0.5) is 13.2 Å². The summed E-state index contributed by atoms with van der Waals surface area (Å²) in [6, 6.07) is 12.8. The van der Waals surface area contributed by atoms with Gasteiger partial charge < -0.3 is 4.52 Å². The normalized spacial score (nSPS) is 15.7. The van der Waals surface area contributed by atoms with Crippen LogP contribution in [0.1, 0.15) is 11.7 Å². The maximum Gasteiger partial charge on any atom is 0.419 e. The van der Waals surface area contributed by atoms with Gasteiger partial charge in [-0.05, 0) is 29.8 Å². The Labute approximate surface area is 136 Å². The van der Waals surface area contributed by atoms with Crippen molar-refractivity contribution in [3.63, 3.8) is 0 Å². The highest BCUT2D eigenvalue weighted by Crippen LogP contribution is 2.52. The summed E-state index contributed by atoms with van der Waals surface area (Å²) in [6.07, 6.45) is -7.13. The summed E-state index contributed by atoms with van der Waals surface area (Å²) in [7, 11) is -4.00. The van der Waals surface area contributed by atoms with Crippen molar-refractivity contribution >= 4 is 19.2 Å². The molecule has 2 aromatic carbocycles. The van der Waals surface area contributed by atoms with Gasteiger partial charge in [-0.15, -0.1) is 0 Å². The minimum absolute atomic E-state index is 0.162. The molecule has 3 nitrogen and oxygen atoms in total. The first-order valence-electron chi connectivity index (χ1n) is 6.50. The van der Waals surface area contributed by atoms with Crippen molar-refractivity contribution in [2.75, 3.05) is 6.66 Å². The molecule has 2 unspecified atom stereocenters. The van der Waals surface area contributed by atoms with Gasteiger partial charge in [0.1, 0.15) is 5.75 Å². The Hall–Kier alpha value is -1.49. The van der Waals surface area contributed by atoms with Crippen LogP contribution in [0.2, 0.25) is 5.02 Å². The van der Waals surface area contributed by atoms with Gasteiger partial charge in [-0.2, -0.15) is 13.2 Å². The molecule has 0 aromatic heterocycles. The van der Waals surface area contributed by atoms with E-state index in [0.29, 0.717) is 0 Å². The summed E-state index contributed by atoms with van der Waals surface area (Å²) >= 11 is 5.67. The number of hydrogen-bond acceptors (Lipinski definition) is 3. The topological polar surface area (TPSA) is 35.5 Å². The fourth-order valence-electron chi connectivity index (χ4n) is 1.83. The number of alkyl halides is 3. The minimum Gasteiger partial charge on any atom is -0.425 e. The zero-order valence-electron chi connectivity index (χ0n) is 12.0. The Kier molecular flexibility index (Phi) is 5.40. The molecule has 0 N–H and O–H groups in total. The van der Waals surface area contributed by atoms with Crippen molar-refractivity contribution in [1.82, 2.24) is 0 Å². The summed E-state index contributed by atoms with van der Waals surface area (Å²) in [5.41, 5.74) is -0.208. The Morgan fingerprint density at radius 3 is 2.13 bits per heavy atom. The van der Waals surface area contributed by atoms with Gasteiger partial charge in [-0.25, -0.2) is 4.57 Å². The quantitative estimate of drug-likeness (QED) is 0.623. The monoisotopic (exact) mass is 364 g/mol. The van der Waals surface area contributed by atoms with E-state index in [1.165, 1.54) is 36.4 Å². The zero-order valence-corrected chi connectivity index (χ0v) is 13.6.